The Bertz CT molecular complexity index is 1020. The summed E-state index contributed by atoms with van der Waals surface area (Å²) in [5.41, 5.74) is 4.61. The Morgan fingerprint density at radius 1 is 1.09 bits per heavy atom. The number of carbonyl (C=O) groups is 1. The first-order valence-electron chi connectivity index (χ1n) is 11.9. The molecule has 1 heterocycles. The highest BCUT2D eigenvalue weighted by Gasteiger charge is 2.15. The normalized spacial score (nSPS) is 11.3. The summed E-state index contributed by atoms with van der Waals surface area (Å²) in [6.07, 6.45) is 4.48. The number of ether oxygens (including phenoxy) is 1. The smallest absolute Gasteiger partial charge is 0.223 e. The molecule has 2 aromatic carbocycles. The number of amides is 1. The van der Waals surface area contributed by atoms with Crippen molar-refractivity contribution in [2.45, 2.75) is 66.3 Å². The van der Waals surface area contributed by atoms with Gasteiger partial charge in [0.2, 0.25) is 5.91 Å². The largest absolute Gasteiger partial charge is 0.493 e. The predicted molar refractivity (Wildman–Crippen MR) is 131 cm³/mol. The van der Waals surface area contributed by atoms with Gasteiger partial charge in [0.15, 0.2) is 0 Å². The molecule has 3 aromatic rings. The van der Waals surface area contributed by atoms with Crippen LogP contribution in [0.2, 0.25) is 0 Å². The van der Waals surface area contributed by atoms with E-state index in [9.17, 15) is 4.79 Å². The van der Waals surface area contributed by atoms with Gasteiger partial charge in [0.05, 0.1) is 17.6 Å². The Morgan fingerprint density at radius 2 is 1.88 bits per heavy atom. The van der Waals surface area contributed by atoms with Crippen LogP contribution < -0.4 is 10.1 Å². The number of benzene rings is 2. The number of fused-ring (bicyclic) bond motifs is 1. The summed E-state index contributed by atoms with van der Waals surface area (Å²) < 4.78 is 8.29. The van der Waals surface area contributed by atoms with Gasteiger partial charge in [-0.2, -0.15) is 0 Å². The molecule has 0 saturated carbocycles. The number of para-hydroxylation sites is 2. The minimum absolute atomic E-state index is 0.103. The summed E-state index contributed by atoms with van der Waals surface area (Å²) in [6.45, 7) is 10.5. The third-order valence-electron chi connectivity index (χ3n) is 6.10. The minimum Gasteiger partial charge on any atom is -0.493 e. The van der Waals surface area contributed by atoms with Crippen LogP contribution in [-0.2, 0) is 17.8 Å². The molecule has 0 fully saturated rings. The molecule has 0 aliphatic heterocycles. The van der Waals surface area contributed by atoms with E-state index in [0.29, 0.717) is 13.2 Å². The number of aromatic nitrogens is 2. The van der Waals surface area contributed by atoms with E-state index in [0.717, 1.165) is 61.3 Å². The maximum Gasteiger partial charge on any atom is 0.223 e. The summed E-state index contributed by atoms with van der Waals surface area (Å²) in [5, 5.41) is 3.10. The quantitative estimate of drug-likeness (QED) is 0.376. The fourth-order valence-electron chi connectivity index (χ4n) is 4.18. The zero-order valence-corrected chi connectivity index (χ0v) is 20.0. The molecule has 0 spiro atoms. The average Bonchev–Trinajstić information content (AvgIpc) is 3.13. The van der Waals surface area contributed by atoms with Crippen molar-refractivity contribution in [1.29, 1.82) is 0 Å². The molecule has 0 radical (unpaired) electrons. The van der Waals surface area contributed by atoms with Gasteiger partial charge in [-0.1, -0.05) is 43.7 Å². The average molecular weight is 436 g/mol. The standard InChI is InChI=1S/C27H37N3O2/c1-5-22(6-2)27(31)28-16-15-26-29-23-11-7-8-12-24(23)30(26)17-9-10-18-32-25-14-13-20(3)19-21(25)4/h7-8,11-14,19,22H,5-6,9-10,15-18H2,1-4H3,(H,28,31). The first kappa shape index (κ1) is 23.8. The van der Waals surface area contributed by atoms with Crippen molar-refractivity contribution in [2.24, 2.45) is 5.92 Å². The number of rotatable bonds is 12. The van der Waals surface area contributed by atoms with Crippen LogP contribution >= 0.6 is 0 Å². The summed E-state index contributed by atoms with van der Waals surface area (Å²) in [4.78, 5) is 17.1. The van der Waals surface area contributed by atoms with Gasteiger partial charge < -0.3 is 14.6 Å². The Labute approximate surface area is 192 Å². The topological polar surface area (TPSA) is 56.2 Å². The molecular weight excluding hydrogens is 398 g/mol. The summed E-state index contributed by atoms with van der Waals surface area (Å²) in [5.74, 6) is 2.26. The van der Waals surface area contributed by atoms with E-state index in [4.69, 9.17) is 9.72 Å². The van der Waals surface area contributed by atoms with E-state index < -0.39 is 0 Å². The van der Waals surface area contributed by atoms with Gasteiger partial charge in [-0.25, -0.2) is 4.98 Å². The molecule has 1 aromatic heterocycles. The number of hydrogen-bond donors (Lipinski definition) is 1. The highest BCUT2D eigenvalue weighted by molar-refractivity contribution is 5.78. The molecule has 5 nitrogen and oxygen atoms in total. The van der Waals surface area contributed by atoms with E-state index >= 15 is 0 Å². The van der Waals surface area contributed by atoms with Crippen LogP contribution in [0.15, 0.2) is 42.5 Å². The van der Waals surface area contributed by atoms with Crippen LogP contribution in [-0.4, -0.2) is 28.6 Å². The lowest BCUT2D eigenvalue weighted by Gasteiger charge is -2.14. The first-order valence-corrected chi connectivity index (χ1v) is 11.9. The zero-order valence-electron chi connectivity index (χ0n) is 20.0. The van der Waals surface area contributed by atoms with Crippen LogP contribution in [0.25, 0.3) is 11.0 Å². The lowest BCUT2D eigenvalue weighted by molar-refractivity contribution is -0.125. The van der Waals surface area contributed by atoms with E-state index in [1.54, 1.807) is 0 Å². The van der Waals surface area contributed by atoms with E-state index in [1.165, 1.54) is 11.1 Å². The second-order valence-electron chi connectivity index (χ2n) is 8.55. The third-order valence-corrected chi connectivity index (χ3v) is 6.10. The fourth-order valence-corrected chi connectivity index (χ4v) is 4.18. The Morgan fingerprint density at radius 3 is 2.62 bits per heavy atom. The van der Waals surface area contributed by atoms with Gasteiger partial charge in [0.1, 0.15) is 11.6 Å². The SMILES string of the molecule is CCC(CC)C(=O)NCCc1nc2ccccc2n1CCCCOc1ccc(C)cc1C. The number of imidazole rings is 1. The second kappa shape index (κ2) is 11.7. The molecule has 32 heavy (non-hydrogen) atoms. The summed E-state index contributed by atoms with van der Waals surface area (Å²) in [7, 11) is 0. The van der Waals surface area contributed by atoms with Crippen molar-refractivity contribution < 1.29 is 9.53 Å². The lowest BCUT2D eigenvalue weighted by atomic mass is 10.0. The van der Waals surface area contributed by atoms with Crippen LogP contribution in [0, 0.1) is 19.8 Å². The fraction of sp³-hybridized carbons (Fsp3) is 0.481. The Balaban J connectivity index is 1.56. The molecule has 172 valence electrons. The molecule has 0 unspecified atom stereocenters. The third kappa shape index (κ3) is 6.12. The summed E-state index contributed by atoms with van der Waals surface area (Å²) in [6, 6.07) is 14.6. The molecule has 0 saturated heterocycles. The van der Waals surface area contributed by atoms with E-state index in [1.807, 2.05) is 6.07 Å². The van der Waals surface area contributed by atoms with E-state index in [2.05, 4.69) is 74.0 Å². The van der Waals surface area contributed by atoms with Crippen molar-refractivity contribution in [3.8, 4) is 5.75 Å². The number of hydrogen-bond acceptors (Lipinski definition) is 3. The number of nitrogens with zero attached hydrogens (tertiary/aromatic N) is 2. The minimum atomic E-state index is 0.103. The number of unbranched alkanes of at least 4 members (excludes halogenated alkanes) is 1. The molecule has 5 heteroatoms. The van der Waals surface area contributed by atoms with Crippen LogP contribution in [0.4, 0.5) is 0 Å². The van der Waals surface area contributed by atoms with Gasteiger partial charge in [0, 0.05) is 25.4 Å². The monoisotopic (exact) mass is 435 g/mol. The zero-order chi connectivity index (χ0) is 22.9. The van der Waals surface area contributed by atoms with Crippen molar-refractivity contribution in [3.63, 3.8) is 0 Å². The highest BCUT2D eigenvalue weighted by Crippen LogP contribution is 2.20. The molecular formula is C27H37N3O2. The second-order valence-corrected chi connectivity index (χ2v) is 8.55. The lowest BCUT2D eigenvalue weighted by Crippen LogP contribution is -2.32. The predicted octanol–water partition coefficient (Wildman–Crippen LogP) is 5.61. The molecule has 0 bridgehead atoms. The Hall–Kier alpha value is -2.82. The molecule has 0 atom stereocenters. The molecule has 3 rings (SSSR count). The van der Waals surface area contributed by atoms with Gasteiger partial charge in [-0.15, -0.1) is 0 Å². The van der Waals surface area contributed by atoms with Gasteiger partial charge in [-0.05, 0) is 63.3 Å². The van der Waals surface area contributed by atoms with Gasteiger partial charge >= 0.3 is 0 Å². The highest BCUT2D eigenvalue weighted by atomic mass is 16.5. The summed E-state index contributed by atoms with van der Waals surface area (Å²) >= 11 is 0. The number of carbonyl (C=O) groups excluding carboxylic acids is 1. The van der Waals surface area contributed by atoms with Crippen molar-refractivity contribution in [3.05, 3.63) is 59.4 Å². The number of nitrogens with one attached hydrogen (secondary N) is 1. The molecule has 1 amide bonds. The molecule has 0 aliphatic carbocycles. The molecule has 0 aliphatic rings. The van der Waals surface area contributed by atoms with Crippen molar-refractivity contribution in [2.75, 3.05) is 13.2 Å². The van der Waals surface area contributed by atoms with Gasteiger partial charge in [0.25, 0.3) is 0 Å². The van der Waals surface area contributed by atoms with Crippen LogP contribution in [0.5, 0.6) is 5.75 Å². The molecule has 1 N–H and O–H groups in total. The first-order chi connectivity index (χ1) is 15.5. The Kier molecular flexibility index (Phi) is 8.72. The van der Waals surface area contributed by atoms with Crippen molar-refractivity contribution in [1.82, 2.24) is 14.9 Å². The van der Waals surface area contributed by atoms with Crippen molar-refractivity contribution >= 4 is 16.9 Å². The number of aryl methyl sites for hydroxylation is 3. The van der Waals surface area contributed by atoms with Gasteiger partial charge in [-0.3, -0.25) is 4.79 Å². The maximum atomic E-state index is 12.3. The van der Waals surface area contributed by atoms with Crippen LogP contribution in [0.3, 0.4) is 0 Å². The maximum absolute atomic E-state index is 12.3. The van der Waals surface area contributed by atoms with E-state index in [-0.39, 0.29) is 11.8 Å². The van der Waals surface area contributed by atoms with Crippen LogP contribution in [0.1, 0.15) is 56.5 Å².